The Bertz CT molecular complexity index is 881. The van der Waals surface area contributed by atoms with E-state index in [2.05, 4.69) is 15.5 Å². The summed E-state index contributed by atoms with van der Waals surface area (Å²) in [5.41, 5.74) is 0.707. The van der Waals surface area contributed by atoms with Gasteiger partial charge in [0.25, 0.3) is 0 Å². The number of carbonyl (C=O) groups is 1. The van der Waals surface area contributed by atoms with Crippen LogP contribution in [0.15, 0.2) is 46.9 Å². The fraction of sp³-hybridized carbons (Fsp3) is 0.278. The van der Waals surface area contributed by atoms with E-state index in [1.165, 1.54) is 11.8 Å². The number of aromatic nitrogens is 3. The third-order valence-corrected chi connectivity index (χ3v) is 5.94. The molecule has 1 aromatic carbocycles. The minimum absolute atomic E-state index is 0.141. The number of rotatable bonds is 8. The SMILES string of the molecule is CCn1c(SCC(=O)NCC(O)c2ccc(Cl)cc2)nnc1-c1cccs1. The van der Waals surface area contributed by atoms with E-state index in [1.54, 1.807) is 35.6 Å². The van der Waals surface area contributed by atoms with Gasteiger partial charge in [-0.25, -0.2) is 0 Å². The number of hydrogen-bond donors (Lipinski definition) is 2. The lowest BCUT2D eigenvalue weighted by atomic mass is 10.1. The molecule has 0 aliphatic rings. The van der Waals surface area contributed by atoms with Crippen LogP contribution in [0.1, 0.15) is 18.6 Å². The quantitative estimate of drug-likeness (QED) is 0.542. The van der Waals surface area contributed by atoms with Gasteiger partial charge in [-0.15, -0.1) is 21.5 Å². The maximum absolute atomic E-state index is 12.1. The standard InChI is InChI=1S/C18H19ClN4O2S2/c1-2-23-17(15-4-3-9-26-15)21-22-18(23)27-11-16(25)20-10-14(24)12-5-7-13(19)8-6-12/h3-9,14,24H,2,10-11H2,1H3,(H,20,25). The second kappa shape index (κ2) is 9.36. The molecule has 0 fully saturated rings. The molecule has 1 unspecified atom stereocenters. The molecule has 0 bridgehead atoms. The van der Waals surface area contributed by atoms with Gasteiger partial charge in [-0.3, -0.25) is 4.79 Å². The first-order valence-electron chi connectivity index (χ1n) is 8.38. The molecule has 3 rings (SSSR count). The third-order valence-electron chi connectivity index (χ3n) is 3.85. The van der Waals surface area contributed by atoms with Gasteiger partial charge in [-0.2, -0.15) is 0 Å². The minimum Gasteiger partial charge on any atom is -0.387 e. The highest BCUT2D eigenvalue weighted by Crippen LogP contribution is 2.27. The van der Waals surface area contributed by atoms with Crippen molar-refractivity contribution in [2.75, 3.05) is 12.3 Å². The van der Waals surface area contributed by atoms with Crippen LogP contribution < -0.4 is 5.32 Å². The molecule has 2 aromatic heterocycles. The largest absolute Gasteiger partial charge is 0.387 e. The lowest BCUT2D eigenvalue weighted by molar-refractivity contribution is -0.119. The van der Waals surface area contributed by atoms with E-state index < -0.39 is 6.10 Å². The number of nitrogens with zero attached hydrogens (tertiary/aromatic N) is 3. The summed E-state index contributed by atoms with van der Waals surface area (Å²) in [5.74, 6) is 0.848. The van der Waals surface area contributed by atoms with E-state index in [-0.39, 0.29) is 18.2 Å². The van der Waals surface area contributed by atoms with E-state index in [0.29, 0.717) is 15.7 Å². The molecule has 2 N–H and O–H groups in total. The van der Waals surface area contributed by atoms with Crippen LogP contribution in [0.5, 0.6) is 0 Å². The molecular formula is C18H19ClN4O2S2. The molecule has 0 saturated heterocycles. The fourth-order valence-corrected chi connectivity index (χ4v) is 4.14. The maximum Gasteiger partial charge on any atom is 0.230 e. The Morgan fingerprint density at radius 2 is 2.11 bits per heavy atom. The number of carbonyl (C=O) groups excluding carboxylic acids is 1. The zero-order valence-corrected chi connectivity index (χ0v) is 17.0. The highest BCUT2D eigenvalue weighted by atomic mass is 35.5. The Kier molecular flexibility index (Phi) is 6.89. The lowest BCUT2D eigenvalue weighted by Crippen LogP contribution is -2.29. The minimum atomic E-state index is -0.777. The van der Waals surface area contributed by atoms with Crippen molar-refractivity contribution in [3.8, 4) is 10.7 Å². The van der Waals surface area contributed by atoms with Crippen LogP contribution in [0.2, 0.25) is 5.02 Å². The molecule has 1 atom stereocenters. The van der Waals surface area contributed by atoms with Gasteiger partial charge in [0.15, 0.2) is 11.0 Å². The monoisotopic (exact) mass is 422 g/mol. The smallest absolute Gasteiger partial charge is 0.230 e. The first kappa shape index (κ1) is 19.9. The third kappa shape index (κ3) is 5.10. The first-order chi connectivity index (χ1) is 13.1. The molecule has 0 saturated carbocycles. The molecule has 2 heterocycles. The van der Waals surface area contributed by atoms with E-state index in [0.717, 1.165) is 17.2 Å². The summed E-state index contributed by atoms with van der Waals surface area (Å²) in [6.07, 6.45) is -0.777. The van der Waals surface area contributed by atoms with E-state index in [1.807, 2.05) is 29.0 Å². The Balaban J connectivity index is 1.53. The van der Waals surface area contributed by atoms with Crippen molar-refractivity contribution >= 4 is 40.6 Å². The summed E-state index contributed by atoms with van der Waals surface area (Å²) in [6, 6.07) is 10.9. The molecule has 142 valence electrons. The van der Waals surface area contributed by atoms with Crippen molar-refractivity contribution in [2.45, 2.75) is 24.7 Å². The maximum atomic E-state index is 12.1. The number of hydrogen-bond acceptors (Lipinski definition) is 6. The number of thiophene rings is 1. The number of benzene rings is 1. The fourth-order valence-electron chi connectivity index (χ4n) is 2.46. The van der Waals surface area contributed by atoms with Crippen LogP contribution >= 0.6 is 34.7 Å². The normalized spacial score (nSPS) is 12.1. The molecule has 9 heteroatoms. The second-order valence-electron chi connectivity index (χ2n) is 5.69. The zero-order chi connectivity index (χ0) is 19.2. The van der Waals surface area contributed by atoms with Crippen LogP contribution in [0.25, 0.3) is 10.7 Å². The number of thioether (sulfide) groups is 1. The van der Waals surface area contributed by atoms with Gasteiger partial charge >= 0.3 is 0 Å². The summed E-state index contributed by atoms with van der Waals surface area (Å²) in [5, 5.41) is 24.6. The molecule has 0 aliphatic heterocycles. The summed E-state index contributed by atoms with van der Waals surface area (Å²) in [4.78, 5) is 13.2. The zero-order valence-electron chi connectivity index (χ0n) is 14.6. The summed E-state index contributed by atoms with van der Waals surface area (Å²) in [6.45, 7) is 2.88. The van der Waals surface area contributed by atoms with Gasteiger partial charge in [0.1, 0.15) is 0 Å². The van der Waals surface area contributed by atoms with Gasteiger partial charge in [-0.1, -0.05) is 41.6 Å². The predicted molar refractivity (Wildman–Crippen MR) is 109 cm³/mol. The van der Waals surface area contributed by atoms with Crippen LogP contribution in [0, 0.1) is 0 Å². The highest BCUT2D eigenvalue weighted by Gasteiger charge is 2.16. The number of halogens is 1. The summed E-state index contributed by atoms with van der Waals surface area (Å²) >= 11 is 8.77. The van der Waals surface area contributed by atoms with Crippen LogP contribution in [0.3, 0.4) is 0 Å². The number of amides is 1. The van der Waals surface area contributed by atoms with Gasteiger partial charge in [-0.05, 0) is 36.1 Å². The highest BCUT2D eigenvalue weighted by molar-refractivity contribution is 7.99. The van der Waals surface area contributed by atoms with E-state index in [9.17, 15) is 9.90 Å². The molecule has 3 aromatic rings. The van der Waals surface area contributed by atoms with Crippen molar-refractivity contribution in [3.63, 3.8) is 0 Å². The molecular weight excluding hydrogens is 404 g/mol. The molecule has 1 amide bonds. The Hall–Kier alpha value is -1.87. The van der Waals surface area contributed by atoms with Crippen molar-refractivity contribution in [2.24, 2.45) is 0 Å². The Morgan fingerprint density at radius 3 is 2.78 bits per heavy atom. The van der Waals surface area contributed by atoms with E-state index in [4.69, 9.17) is 11.6 Å². The molecule has 6 nitrogen and oxygen atoms in total. The van der Waals surface area contributed by atoms with E-state index >= 15 is 0 Å². The van der Waals surface area contributed by atoms with Gasteiger partial charge in [0, 0.05) is 18.1 Å². The predicted octanol–water partition coefficient (Wildman–Crippen LogP) is 3.62. The van der Waals surface area contributed by atoms with Crippen LogP contribution in [-0.4, -0.2) is 38.1 Å². The first-order valence-corrected chi connectivity index (χ1v) is 10.6. The molecule has 0 spiro atoms. The van der Waals surface area contributed by atoms with Crippen LogP contribution in [0.4, 0.5) is 0 Å². The summed E-state index contributed by atoms with van der Waals surface area (Å²) < 4.78 is 1.99. The molecule has 0 radical (unpaired) electrons. The van der Waals surface area contributed by atoms with Crippen molar-refractivity contribution in [1.82, 2.24) is 20.1 Å². The average Bonchev–Trinajstić information content (AvgIpc) is 3.33. The van der Waals surface area contributed by atoms with Gasteiger partial charge in [0.05, 0.1) is 16.7 Å². The Labute approximate surface area is 170 Å². The van der Waals surface area contributed by atoms with Crippen LogP contribution in [-0.2, 0) is 11.3 Å². The Morgan fingerprint density at radius 1 is 1.33 bits per heavy atom. The topological polar surface area (TPSA) is 80.0 Å². The van der Waals surface area contributed by atoms with Crippen molar-refractivity contribution < 1.29 is 9.90 Å². The van der Waals surface area contributed by atoms with Gasteiger partial charge < -0.3 is 15.0 Å². The number of nitrogens with one attached hydrogen (secondary N) is 1. The average molecular weight is 423 g/mol. The molecule has 0 aliphatic carbocycles. The van der Waals surface area contributed by atoms with Gasteiger partial charge in [0.2, 0.25) is 5.91 Å². The summed E-state index contributed by atoms with van der Waals surface area (Å²) in [7, 11) is 0. The number of aliphatic hydroxyl groups excluding tert-OH is 1. The van der Waals surface area contributed by atoms with Crippen molar-refractivity contribution in [3.05, 3.63) is 52.4 Å². The molecule has 27 heavy (non-hydrogen) atoms. The van der Waals surface area contributed by atoms with Crippen molar-refractivity contribution in [1.29, 1.82) is 0 Å². The number of aliphatic hydroxyl groups is 1. The second-order valence-corrected chi connectivity index (χ2v) is 8.01. The lowest BCUT2D eigenvalue weighted by Gasteiger charge is -2.12.